The molecule has 0 fully saturated rings. The topological polar surface area (TPSA) is 38.0 Å². The van der Waals surface area contributed by atoms with Gasteiger partial charge in [-0.25, -0.2) is 0 Å². The molecular weight excluding hydrogens is 244 g/mol. The molecule has 1 aliphatic carbocycles. The molecule has 0 aliphatic heterocycles. The van der Waals surface area contributed by atoms with Crippen molar-refractivity contribution in [2.75, 3.05) is 0 Å². The lowest BCUT2D eigenvalue weighted by atomic mass is 9.96. The van der Waals surface area contributed by atoms with Crippen molar-refractivity contribution in [1.29, 1.82) is 0 Å². The summed E-state index contributed by atoms with van der Waals surface area (Å²) < 4.78 is 0. The zero-order chi connectivity index (χ0) is 13.9. The number of benzene rings is 2. The van der Waals surface area contributed by atoms with Crippen molar-refractivity contribution in [3.63, 3.8) is 0 Å². The van der Waals surface area contributed by atoms with Crippen molar-refractivity contribution in [3.05, 3.63) is 70.3 Å². The van der Waals surface area contributed by atoms with Crippen LogP contribution < -0.4 is 11.3 Å². The van der Waals surface area contributed by atoms with Crippen LogP contribution in [0.5, 0.6) is 0 Å². The highest BCUT2D eigenvalue weighted by Crippen LogP contribution is 2.25. The van der Waals surface area contributed by atoms with Crippen LogP contribution in [0.3, 0.4) is 0 Å². The minimum Gasteiger partial charge on any atom is -0.271 e. The molecule has 3 rings (SSSR count). The second-order valence-electron chi connectivity index (χ2n) is 5.79. The summed E-state index contributed by atoms with van der Waals surface area (Å²) in [6, 6.07) is 15.7. The molecule has 3 N–H and O–H groups in total. The number of rotatable bonds is 4. The van der Waals surface area contributed by atoms with Crippen LogP contribution in [-0.4, -0.2) is 0 Å². The van der Waals surface area contributed by atoms with Gasteiger partial charge >= 0.3 is 0 Å². The second-order valence-corrected chi connectivity index (χ2v) is 5.79. The fourth-order valence-corrected chi connectivity index (χ4v) is 3.06. The van der Waals surface area contributed by atoms with Gasteiger partial charge in [-0.15, -0.1) is 0 Å². The summed E-state index contributed by atoms with van der Waals surface area (Å²) in [6.45, 7) is 2.11. The Morgan fingerprint density at radius 3 is 2.55 bits per heavy atom. The van der Waals surface area contributed by atoms with Crippen LogP contribution in [0.15, 0.2) is 42.5 Å². The molecule has 2 aromatic carbocycles. The van der Waals surface area contributed by atoms with E-state index in [0.29, 0.717) is 0 Å². The summed E-state index contributed by atoms with van der Waals surface area (Å²) in [5.74, 6) is 5.75. The van der Waals surface area contributed by atoms with Crippen LogP contribution in [0.1, 0.15) is 40.3 Å². The maximum atomic E-state index is 5.75. The maximum absolute atomic E-state index is 5.75. The molecule has 0 saturated carbocycles. The maximum Gasteiger partial charge on any atom is 0.0500 e. The molecule has 1 atom stereocenters. The molecule has 2 aromatic rings. The molecule has 104 valence electrons. The first-order valence-electron chi connectivity index (χ1n) is 7.39. The van der Waals surface area contributed by atoms with Crippen molar-refractivity contribution >= 4 is 0 Å². The Kier molecular flexibility index (Phi) is 3.86. The third kappa shape index (κ3) is 2.77. The molecule has 0 bridgehead atoms. The first kappa shape index (κ1) is 13.3. The summed E-state index contributed by atoms with van der Waals surface area (Å²) in [4.78, 5) is 0. The van der Waals surface area contributed by atoms with Crippen LogP contribution in [0, 0.1) is 6.92 Å². The number of hydrogen-bond acceptors (Lipinski definition) is 2. The fourth-order valence-electron chi connectivity index (χ4n) is 3.06. The van der Waals surface area contributed by atoms with Crippen molar-refractivity contribution in [3.8, 4) is 0 Å². The molecule has 0 radical (unpaired) electrons. The minimum atomic E-state index is 0.176. The lowest BCUT2D eigenvalue weighted by molar-refractivity contribution is 0.551. The monoisotopic (exact) mass is 266 g/mol. The van der Waals surface area contributed by atoms with Crippen LogP contribution in [0.4, 0.5) is 0 Å². The first-order chi connectivity index (χ1) is 9.76. The SMILES string of the molecule is Cc1ccc(C(Cc2ccc3c(c2)CCC3)NN)cc1. The predicted molar refractivity (Wildman–Crippen MR) is 83.4 cm³/mol. The van der Waals surface area contributed by atoms with E-state index >= 15 is 0 Å². The smallest absolute Gasteiger partial charge is 0.0500 e. The molecule has 0 aromatic heterocycles. The standard InChI is InChI=1S/C18H22N2/c1-13-5-8-16(9-6-13)18(20-19)12-14-7-10-15-3-2-4-17(15)11-14/h5-11,18,20H,2-4,12,19H2,1H3. The zero-order valence-corrected chi connectivity index (χ0v) is 12.0. The van der Waals surface area contributed by atoms with Gasteiger partial charge in [0.1, 0.15) is 0 Å². The molecule has 0 saturated heterocycles. The van der Waals surface area contributed by atoms with Crippen LogP contribution >= 0.6 is 0 Å². The van der Waals surface area contributed by atoms with E-state index in [0.717, 1.165) is 6.42 Å². The average molecular weight is 266 g/mol. The summed E-state index contributed by atoms with van der Waals surface area (Å²) in [7, 11) is 0. The Balaban J connectivity index is 1.79. The van der Waals surface area contributed by atoms with Crippen LogP contribution in [0.2, 0.25) is 0 Å². The normalized spacial score (nSPS) is 15.1. The summed E-state index contributed by atoms with van der Waals surface area (Å²) in [5.41, 5.74) is 9.91. The van der Waals surface area contributed by atoms with E-state index in [-0.39, 0.29) is 6.04 Å². The molecule has 20 heavy (non-hydrogen) atoms. The van der Waals surface area contributed by atoms with Gasteiger partial charge in [-0.2, -0.15) is 0 Å². The van der Waals surface area contributed by atoms with E-state index in [1.54, 1.807) is 0 Å². The van der Waals surface area contributed by atoms with Gasteiger partial charge in [0.25, 0.3) is 0 Å². The molecule has 2 nitrogen and oxygen atoms in total. The molecular formula is C18H22N2. The van der Waals surface area contributed by atoms with E-state index in [9.17, 15) is 0 Å². The number of hydrogen-bond donors (Lipinski definition) is 2. The van der Waals surface area contributed by atoms with Crippen molar-refractivity contribution in [1.82, 2.24) is 5.43 Å². The van der Waals surface area contributed by atoms with Crippen molar-refractivity contribution in [2.45, 2.75) is 38.6 Å². The predicted octanol–water partition coefficient (Wildman–Crippen LogP) is 3.23. The molecule has 0 heterocycles. The Labute approximate surface area is 121 Å². The van der Waals surface area contributed by atoms with Gasteiger partial charge in [-0.3, -0.25) is 11.3 Å². The number of fused-ring (bicyclic) bond motifs is 1. The van der Waals surface area contributed by atoms with Crippen molar-refractivity contribution < 1.29 is 0 Å². The highest BCUT2D eigenvalue weighted by Gasteiger charge is 2.14. The molecule has 0 spiro atoms. The Morgan fingerprint density at radius 2 is 1.80 bits per heavy atom. The van der Waals surface area contributed by atoms with Gasteiger partial charge in [0, 0.05) is 6.04 Å². The van der Waals surface area contributed by atoms with E-state index in [1.165, 1.54) is 47.1 Å². The molecule has 2 heteroatoms. The van der Waals surface area contributed by atoms with Gasteiger partial charge in [0.05, 0.1) is 0 Å². The third-order valence-corrected chi connectivity index (χ3v) is 4.28. The van der Waals surface area contributed by atoms with Gasteiger partial charge in [0.15, 0.2) is 0 Å². The van der Waals surface area contributed by atoms with Crippen LogP contribution in [0.25, 0.3) is 0 Å². The lowest BCUT2D eigenvalue weighted by Gasteiger charge is -2.17. The number of nitrogens with two attached hydrogens (primary N) is 1. The van der Waals surface area contributed by atoms with Crippen LogP contribution in [-0.2, 0) is 19.3 Å². The van der Waals surface area contributed by atoms with Gasteiger partial charge in [-0.1, -0.05) is 48.0 Å². The number of aryl methyl sites for hydroxylation is 3. The highest BCUT2D eigenvalue weighted by atomic mass is 15.2. The van der Waals surface area contributed by atoms with E-state index in [4.69, 9.17) is 5.84 Å². The quantitative estimate of drug-likeness (QED) is 0.658. The van der Waals surface area contributed by atoms with E-state index < -0.39 is 0 Å². The summed E-state index contributed by atoms with van der Waals surface area (Å²) >= 11 is 0. The fraction of sp³-hybridized carbons (Fsp3) is 0.333. The molecule has 1 aliphatic rings. The second kappa shape index (κ2) is 5.78. The van der Waals surface area contributed by atoms with E-state index in [1.807, 2.05) is 0 Å². The largest absolute Gasteiger partial charge is 0.271 e. The molecule has 1 unspecified atom stereocenters. The molecule has 0 amide bonds. The zero-order valence-electron chi connectivity index (χ0n) is 12.0. The third-order valence-electron chi connectivity index (χ3n) is 4.28. The van der Waals surface area contributed by atoms with Gasteiger partial charge < -0.3 is 0 Å². The Bertz CT molecular complexity index is 587. The first-order valence-corrected chi connectivity index (χ1v) is 7.39. The van der Waals surface area contributed by atoms with Crippen molar-refractivity contribution in [2.24, 2.45) is 5.84 Å². The van der Waals surface area contributed by atoms with E-state index in [2.05, 4.69) is 54.8 Å². The number of nitrogens with one attached hydrogen (secondary N) is 1. The average Bonchev–Trinajstić information content (AvgIpc) is 2.93. The van der Waals surface area contributed by atoms with Gasteiger partial charge in [-0.05, 0) is 54.9 Å². The highest BCUT2D eigenvalue weighted by molar-refractivity contribution is 5.36. The summed E-state index contributed by atoms with van der Waals surface area (Å²) in [6.07, 6.45) is 4.71. The Hall–Kier alpha value is -1.64. The lowest BCUT2D eigenvalue weighted by Crippen LogP contribution is -2.29. The van der Waals surface area contributed by atoms with Gasteiger partial charge in [0.2, 0.25) is 0 Å². The Morgan fingerprint density at radius 1 is 1.05 bits per heavy atom. The minimum absolute atomic E-state index is 0.176. The summed E-state index contributed by atoms with van der Waals surface area (Å²) in [5, 5.41) is 0. The number of hydrazine groups is 1.